The second-order valence-corrected chi connectivity index (χ2v) is 11.1. The molecule has 3 amide bonds. The molecule has 3 heterocycles. The minimum absolute atomic E-state index is 0.00928. The van der Waals surface area contributed by atoms with Crippen molar-refractivity contribution >= 4 is 11.9 Å². The van der Waals surface area contributed by atoms with Crippen LogP contribution in [-0.2, 0) is 28.8 Å². The van der Waals surface area contributed by atoms with Crippen LogP contribution in [0.25, 0.3) is 0 Å². The van der Waals surface area contributed by atoms with E-state index in [-0.39, 0.29) is 42.7 Å². The van der Waals surface area contributed by atoms with Crippen LogP contribution in [0.2, 0.25) is 0 Å². The van der Waals surface area contributed by atoms with Gasteiger partial charge in [-0.2, -0.15) is 26.3 Å². The van der Waals surface area contributed by atoms with Gasteiger partial charge < -0.3 is 19.9 Å². The molecule has 0 aliphatic carbocycles. The number of nitrogens with zero attached hydrogens (tertiary/aromatic N) is 3. The topological polar surface area (TPSA) is 114 Å². The third-order valence-electron chi connectivity index (χ3n) is 7.31. The first-order chi connectivity index (χ1) is 21.4. The van der Waals surface area contributed by atoms with Gasteiger partial charge in [0, 0.05) is 18.7 Å². The Morgan fingerprint density at radius 2 is 1.57 bits per heavy atom. The van der Waals surface area contributed by atoms with Crippen LogP contribution < -0.4 is 14.8 Å². The molecule has 15 heteroatoms. The predicted molar refractivity (Wildman–Crippen MR) is 152 cm³/mol. The maximum atomic E-state index is 13.4. The second kappa shape index (κ2) is 12.8. The van der Waals surface area contributed by atoms with Gasteiger partial charge >= 0.3 is 18.4 Å². The molecule has 3 aromatic rings. The number of hydrogen-bond acceptors (Lipinski definition) is 7. The highest BCUT2D eigenvalue weighted by Gasteiger charge is 2.72. The Balaban J connectivity index is 1.45. The molecular weight excluding hydrogens is 622 g/mol. The quantitative estimate of drug-likeness (QED) is 0.184. The first-order valence-corrected chi connectivity index (χ1v) is 14.3. The fourth-order valence-corrected chi connectivity index (χ4v) is 4.86. The van der Waals surface area contributed by atoms with Gasteiger partial charge in [0.25, 0.3) is 11.5 Å². The van der Waals surface area contributed by atoms with E-state index in [0.29, 0.717) is 29.5 Å². The minimum Gasteiger partial charge on any atom is -0.491 e. The van der Waals surface area contributed by atoms with Crippen molar-refractivity contribution in [2.75, 3.05) is 6.54 Å². The van der Waals surface area contributed by atoms with E-state index in [1.54, 1.807) is 38.1 Å². The average molecular weight is 655 g/mol. The molecule has 2 aromatic heterocycles. The Morgan fingerprint density at radius 1 is 0.935 bits per heavy atom. The lowest BCUT2D eigenvalue weighted by Crippen LogP contribution is -2.54. The number of alkyl halides is 6. The molecule has 46 heavy (non-hydrogen) atoms. The number of hydrogen-bond donors (Lipinski definition) is 2. The monoisotopic (exact) mass is 654 g/mol. The number of pyridine rings is 2. The number of aromatic nitrogens is 2. The van der Waals surface area contributed by atoms with Gasteiger partial charge in [-0.3, -0.25) is 19.7 Å². The van der Waals surface area contributed by atoms with Gasteiger partial charge in [0.1, 0.15) is 22.8 Å². The van der Waals surface area contributed by atoms with Crippen LogP contribution in [0.1, 0.15) is 56.8 Å². The molecular formula is C31H32F6N4O5. The largest absolute Gasteiger partial charge is 0.491 e. The van der Waals surface area contributed by atoms with Crippen molar-refractivity contribution in [3.63, 3.8) is 0 Å². The number of halogens is 6. The highest BCUT2D eigenvalue weighted by molar-refractivity contribution is 6.07. The molecule has 248 valence electrons. The molecule has 1 aromatic carbocycles. The molecule has 1 atom stereocenters. The fourth-order valence-electron chi connectivity index (χ4n) is 4.86. The summed E-state index contributed by atoms with van der Waals surface area (Å²) in [4.78, 5) is 34.8. The lowest BCUT2D eigenvalue weighted by atomic mass is 9.92. The van der Waals surface area contributed by atoms with E-state index in [2.05, 4.69) is 15.3 Å². The summed E-state index contributed by atoms with van der Waals surface area (Å²) in [5.41, 5.74) is -7.24. The van der Waals surface area contributed by atoms with Crippen LogP contribution in [-0.4, -0.2) is 56.9 Å². The first-order valence-electron chi connectivity index (χ1n) is 14.3. The molecule has 0 bridgehead atoms. The van der Waals surface area contributed by atoms with Crippen LogP contribution in [0.4, 0.5) is 31.1 Å². The number of amides is 3. The van der Waals surface area contributed by atoms with Crippen molar-refractivity contribution in [2.45, 2.75) is 76.6 Å². The van der Waals surface area contributed by atoms with Crippen molar-refractivity contribution in [3.8, 4) is 17.2 Å². The molecule has 1 aliphatic rings. The van der Waals surface area contributed by atoms with Gasteiger partial charge in [-0.15, -0.1) is 0 Å². The van der Waals surface area contributed by atoms with Crippen molar-refractivity contribution < 1.29 is 50.5 Å². The van der Waals surface area contributed by atoms with E-state index in [4.69, 9.17) is 9.47 Å². The molecule has 0 saturated carbocycles. The number of rotatable bonds is 11. The Hall–Kier alpha value is -4.40. The molecule has 0 radical (unpaired) electrons. The van der Waals surface area contributed by atoms with Gasteiger partial charge in [-0.1, -0.05) is 25.5 Å². The second-order valence-electron chi connectivity index (χ2n) is 11.1. The number of benzene rings is 1. The minimum atomic E-state index is -6.07. The van der Waals surface area contributed by atoms with Crippen molar-refractivity contribution in [1.82, 2.24) is 20.2 Å². The van der Waals surface area contributed by atoms with Crippen molar-refractivity contribution in [2.24, 2.45) is 0 Å². The lowest BCUT2D eigenvalue weighted by molar-refractivity contribution is -0.377. The number of urea groups is 1. The standard InChI is InChI=1S/C31H32F6N4O5/c1-5-6-23-24(13-14-25(39-23)29(44,30(32,33)34)31(35,36)37)46-22-12-9-20(38-17-22)15-16-41-26(42)28(4,40-27(41)43)19-7-10-21(11-8-19)45-18(2)3/h7-14,17-18,44H,5-6,15-16H2,1-4H3,(H,40,43). The van der Waals surface area contributed by atoms with Crippen molar-refractivity contribution in [1.29, 1.82) is 0 Å². The maximum absolute atomic E-state index is 13.4. The summed E-state index contributed by atoms with van der Waals surface area (Å²) in [6.45, 7) is 7.03. The summed E-state index contributed by atoms with van der Waals surface area (Å²) in [5.74, 6) is 0.163. The lowest BCUT2D eigenvalue weighted by Gasteiger charge is -2.32. The average Bonchev–Trinajstić information content (AvgIpc) is 3.19. The number of carbonyl (C=O) groups excluding carboxylic acids is 2. The van der Waals surface area contributed by atoms with Gasteiger partial charge in [0.05, 0.1) is 23.7 Å². The smallest absolute Gasteiger partial charge is 0.432 e. The Bertz CT molecular complexity index is 1550. The van der Waals surface area contributed by atoms with Gasteiger partial charge in [-0.25, -0.2) is 4.79 Å². The highest BCUT2D eigenvalue weighted by atomic mass is 19.4. The summed E-state index contributed by atoms with van der Waals surface area (Å²) in [6, 6.07) is 10.6. The summed E-state index contributed by atoms with van der Waals surface area (Å²) < 4.78 is 91.5. The van der Waals surface area contributed by atoms with E-state index in [0.717, 1.165) is 11.0 Å². The van der Waals surface area contributed by atoms with Crippen LogP contribution in [0.5, 0.6) is 17.2 Å². The normalized spacial score (nSPS) is 17.4. The number of carbonyl (C=O) groups is 2. The predicted octanol–water partition coefficient (Wildman–Crippen LogP) is 6.33. The molecule has 4 rings (SSSR count). The molecule has 0 spiro atoms. The number of imide groups is 1. The molecule has 9 nitrogen and oxygen atoms in total. The van der Waals surface area contributed by atoms with E-state index in [9.17, 15) is 41.0 Å². The van der Waals surface area contributed by atoms with Crippen LogP contribution in [0, 0.1) is 0 Å². The summed E-state index contributed by atoms with van der Waals surface area (Å²) in [5, 5.41) is 12.5. The van der Waals surface area contributed by atoms with E-state index < -0.39 is 41.1 Å². The Kier molecular flexibility index (Phi) is 9.57. The molecule has 2 N–H and O–H groups in total. The number of aliphatic hydroxyl groups is 1. The van der Waals surface area contributed by atoms with E-state index in [1.807, 2.05) is 13.8 Å². The first kappa shape index (κ1) is 34.5. The zero-order valence-electron chi connectivity index (χ0n) is 25.3. The third-order valence-corrected chi connectivity index (χ3v) is 7.31. The van der Waals surface area contributed by atoms with E-state index in [1.165, 1.54) is 18.3 Å². The zero-order chi connectivity index (χ0) is 34.1. The number of ether oxygens (including phenoxy) is 2. The molecule has 1 unspecified atom stereocenters. The Morgan fingerprint density at radius 3 is 2.11 bits per heavy atom. The van der Waals surface area contributed by atoms with Crippen LogP contribution in [0.15, 0.2) is 54.7 Å². The maximum Gasteiger partial charge on any atom is 0.432 e. The summed E-state index contributed by atoms with van der Waals surface area (Å²) in [6.07, 6.45) is -10.5. The SMILES string of the molecule is CCCc1nc(C(O)(C(F)(F)F)C(F)(F)F)ccc1Oc1ccc(CCN2C(=O)NC(C)(c3ccc(OC(C)C)cc3)C2=O)nc1. The van der Waals surface area contributed by atoms with Crippen LogP contribution >= 0.6 is 0 Å². The van der Waals surface area contributed by atoms with Crippen LogP contribution in [0.3, 0.4) is 0 Å². The highest BCUT2D eigenvalue weighted by Crippen LogP contribution is 2.50. The molecule has 1 fully saturated rings. The number of aryl methyl sites for hydroxylation is 1. The summed E-state index contributed by atoms with van der Waals surface area (Å²) >= 11 is 0. The van der Waals surface area contributed by atoms with Gasteiger partial charge in [-0.05, 0) is 69.2 Å². The van der Waals surface area contributed by atoms with Gasteiger partial charge in [0.15, 0.2) is 0 Å². The Labute approximate surface area is 260 Å². The number of nitrogens with one attached hydrogen (secondary N) is 1. The molecule has 1 aliphatic heterocycles. The van der Waals surface area contributed by atoms with E-state index >= 15 is 0 Å². The summed E-state index contributed by atoms with van der Waals surface area (Å²) in [7, 11) is 0. The van der Waals surface area contributed by atoms with Crippen molar-refractivity contribution in [3.05, 3.63) is 77.4 Å². The fraction of sp³-hybridized carbons (Fsp3) is 0.419. The zero-order valence-corrected chi connectivity index (χ0v) is 25.3. The molecule has 1 saturated heterocycles. The van der Waals surface area contributed by atoms with Gasteiger partial charge in [0.2, 0.25) is 0 Å². The third kappa shape index (κ3) is 6.73.